The predicted molar refractivity (Wildman–Crippen MR) is 86.2 cm³/mol. The van der Waals surface area contributed by atoms with Crippen LogP contribution in [0.1, 0.15) is 46.0 Å². The maximum Gasteiger partial charge on any atom is 0.237 e. The van der Waals surface area contributed by atoms with E-state index in [1.165, 1.54) is 45.4 Å². The molecule has 2 heterocycles. The Labute approximate surface area is 129 Å². The van der Waals surface area contributed by atoms with Gasteiger partial charge in [0.05, 0.1) is 5.54 Å². The Morgan fingerprint density at radius 1 is 1.33 bits per heavy atom. The number of amides is 1. The van der Waals surface area contributed by atoms with E-state index in [1.54, 1.807) is 0 Å². The largest absolute Gasteiger partial charge is 0.368 e. The molecule has 122 valence electrons. The molecular weight excluding hydrogens is 264 g/mol. The maximum atomic E-state index is 11.6. The zero-order chi connectivity index (χ0) is 15.3. The van der Waals surface area contributed by atoms with Crippen LogP contribution in [0.4, 0.5) is 0 Å². The first-order valence-electron chi connectivity index (χ1n) is 8.56. The van der Waals surface area contributed by atoms with E-state index in [4.69, 9.17) is 5.73 Å². The number of nitrogens with two attached hydrogens (primary N) is 1. The molecule has 1 amide bonds. The molecule has 0 spiro atoms. The van der Waals surface area contributed by atoms with E-state index in [9.17, 15) is 4.79 Å². The summed E-state index contributed by atoms with van der Waals surface area (Å²) in [5.74, 6) is -0.235. The van der Waals surface area contributed by atoms with Crippen LogP contribution in [0.3, 0.4) is 0 Å². The van der Waals surface area contributed by atoms with E-state index < -0.39 is 5.54 Å². The van der Waals surface area contributed by atoms with Gasteiger partial charge < -0.3 is 16.0 Å². The third-order valence-electron chi connectivity index (χ3n) is 5.18. The summed E-state index contributed by atoms with van der Waals surface area (Å²) < 4.78 is 0. The van der Waals surface area contributed by atoms with Crippen molar-refractivity contribution in [3.8, 4) is 0 Å². The van der Waals surface area contributed by atoms with Crippen molar-refractivity contribution in [3.05, 3.63) is 0 Å². The van der Waals surface area contributed by atoms with Crippen LogP contribution in [0.2, 0.25) is 0 Å². The fourth-order valence-corrected chi connectivity index (χ4v) is 3.77. The highest BCUT2D eigenvalue weighted by atomic mass is 16.1. The molecule has 3 N–H and O–H groups in total. The van der Waals surface area contributed by atoms with E-state index in [1.807, 2.05) is 13.8 Å². The molecule has 0 aromatic rings. The number of rotatable bonds is 7. The van der Waals surface area contributed by atoms with Crippen molar-refractivity contribution in [1.82, 2.24) is 15.1 Å². The second kappa shape index (κ2) is 7.56. The normalized spacial score (nSPS) is 27.0. The molecule has 2 atom stereocenters. The molecule has 2 aliphatic heterocycles. The van der Waals surface area contributed by atoms with Crippen molar-refractivity contribution in [2.75, 3.05) is 39.3 Å². The molecule has 2 unspecified atom stereocenters. The van der Waals surface area contributed by atoms with Gasteiger partial charge in [0.25, 0.3) is 0 Å². The number of nitrogens with zero attached hydrogens (tertiary/aromatic N) is 2. The van der Waals surface area contributed by atoms with Crippen LogP contribution in [0.15, 0.2) is 0 Å². The second-order valence-corrected chi connectivity index (χ2v) is 6.82. The van der Waals surface area contributed by atoms with Gasteiger partial charge in [-0.2, -0.15) is 0 Å². The lowest BCUT2D eigenvalue weighted by atomic mass is 9.94. The highest BCUT2D eigenvalue weighted by Crippen LogP contribution is 2.21. The number of nitrogens with one attached hydrogen (secondary N) is 1. The van der Waals surface area contributed by atoms with Gasteiger partial charge in [-0.15, -0.1) is 0 Å². The van der Waals surface area contributed by atoms with Gasteiger partial charge in [0.15, 0.2) is 0 Å². The third kappa shape index (κ3) is 4.41. The summed E-state index contributed by atoms with van der Waals surface area (Å²) >= 11 is 0. The Morgan fingerprint density at radius 2 is 2.14 bits per heavy atom. The molecule has 0 aliphatic carbocycles. The number of carbonyl (C=O) groups excluding carboxylic acids is 1. The highest BCUT2D eigenvalue weighted by Gasteiger charge is 2.31. The minimum absolute atomic E-state index is 0.235. The number of hydrogen-bond donors (Lipinski definition) is 2. The zero-order valence-corrected chi connectivity index (χ0v) is 13.7. The van der Waals surface area contributed by atoms with Crippen molar-refractivity contribution in [2.45, 2.75) is 57.5 Å². The lowest BCUT2D eigenvalue weighted by Gasteiger charge is -2.44. The summed E-state index contributed by atoms with van der Waals surface area (Å²) in [5, 5.41) is 3.24. The summed E-state index contributed by atoms with van der Waals surface area (Å²) in [5.41, 5.74) is 4.99. The van der Waals surface area contributed by atoms with Crippen molar-refractivity contribution in [3.63, 3.8) is 0 Å². The average Bonchev–Trinajstić information content (AvgIpc) is 2.47. The summed E-state index contributed by atoms with van der Waals surface area (Å²) in [4.78, 5) is 16.8. The smallest absolute Gasteiger partial charge is 0.237 e. The van der Waals surface area contributed by atoms with Gasteiger partial charge in [-0.05, 0) is 52.2 Å². The number of piperidine rings is 1. The summed E-state index contributed by atoms with van der Waals surface area (Å²) in [6, 6.07) is 0.767. The highest BCUT2D eigenvalue weighted by molar-refractivity contribution is 5.84. The molecule has 2 fully saturated rings. The first kappa shape index (κ1) is 16.7. The van der Waals surface area contributed by atoms with Crippen LogP contribution in [0, 0.1) is 0 Å². The van der Waals surface area contributed by atoms with Crippen LogP contribution < -0.4 is 11.1 Å². The molecule has 2 saturated heterocycles. The van der Waals surface area contributed by atoms with E-state index in [0.29, 0.717) is 0 Å². The van der Waals surface area contributed by atoms with E-state index in [0.717, 1.165) is 32.0 Å². The summed E-state index contributed by atoms with van der Waals surface area (Å²) in [6.45, 7) is 10.7. The molecule has 5 heteroatoms. The molecule has 5 nitrogen and oxygen atoms in total. The Balaban J connectivity index is 1.74. The predicted octanol–water partition coefficient (Wildman–Crippen LogP) is 0.790. The number of primary amides is 1. The summed E-state index contributed by atoms with van der Waals surface area (Å²) in [6.07, 6.45) is 5.96. The van der Waals surface area contributed by atoms with Crippen molar-refractivity contribution < 1.29 is 4.79 Å². The van der Waals surface area contributed by atoms with Crippen LogP contribution in [-0.2, 0) is 4.79 Å². The number of hydrogen-bond acceptors (Lipinski definition) is 4. The number of fused-ring (bicyclic) bond motifs is 1. The van der Waals surface area contributed by atoms with Crippen LogP contribution in [0.25, 0.3) is 0 Å². The van der Waals surface area contributed by atoms with Gasteiger partial charge >= 0.3 is 0 Å². The SMILES string of the molecule is CCNC(C)(CCCN1CCN2CCCCC2C1)C(N)=O. The molecule has 0 bridgehead atoms. The second-order valence-electron chi connectivity index (χ2n) is 6.82. The average molecular weight is 296 g/mol. The Bertz CT molecular complexity index is 349. The lowest BCUT2D eigenvalue weighted by molar-refractivity contribution is -0.124. The number of carbonyl (C=O) groups is 1. The first-order valence-corrected chi connectivity index (χ1v) is 8.56. The molecule has 0 aromatic carbocycles. The molecule has 0 saturated carbocycles. The fourth-order valence-electron chi connectivity index (χ4n) is 3.77. The first-order chi connectivity index (χ1) is 10.0. The van der Waals surface area contributed by atoms with Crippen molar-refractivity contribution >= 4 is 5.91 Å². The Kier molecular flexibility index (Phi) is 6.02. The molecule has 0 radical (unpaired) electrons. The van der Waals surface area contributed by atoms with E-state index in [-0.39, 0.29) is 5.91 Å². The Hall–Kier alpha value is -0.650. The quantitative estimate of drug-likeness (QED) is 0.729. The van der Waals surface area contributed by atoms with Crippen molar-refractivity contribution in [2.24, 2.45) is 5.73 Å². The van der Waals surface area contributed by atoms with Crippen LogP contribution in [0.5, 0.6) is 0 Å². The van der Waals surface area contributed by atoms with Gasteiger partial charge in [-0.25, -0.2) is 0 Å². The zero-order valence-electron chi connectivity index (χ0n) is 13.7. The number of likely N-dealkylation sites (N-methyl/N-ethyl adjacent to an activating group) is 1. The van der Waals surface area contributed by atoms with Gasteiger partial charge in [-0.1, -0.05) is 13.3 Å². The minimum Gasteiger partial charge on any atom is -0.368 e. The van der Waals surface area contributed by atoms with E-state index >= 15 is 0 Å². The standard InChI is InChI=1S/C16H32N4O/c1-3-18-16(2,15(17)21)8-6-9-19-11-12-20-10-5-4-7-14(20)13-19/h14,18H,3-13H2,1-2H3,(H2,17,21). The molecular formula is C16H32N4O. The third-order valence-corrected chi connectivity index (χ3v) is 5.18. The van der Waals surface area contributed by atoms with Crippen LogP contribution in [-0.4, -0.2) is 66.6 Å². The maximum absolute atomic E-state index is 11.6. The van der Waals surface area contributed by atoms with Gasteiger partial charge in [0, 0.05) is 25.7 Å². The van der Waals surface area contributed by atoms with Gasteiger partial charge in [-0.3, -0.25) is 9.69 Å². The van der Waals surface area contributed by atoms with E-state index in [2.05, 4.69) is 15.1 Å². The van der Waals surface area contributed by atoms with Gasteiger partial charge in [0.1, 0.15) is 0 Å². The van der Waals surface area contributed by atoms with Crippen molar-refractivity contribution in [1.29, 1.82) is 0 Å². The molecule has 21 heavy (non-hydrogen) atoms. The monoisotopic (exact) mass is 296 g/mol. The Morgan fingerprint density at radius 3 is 2.86 bits per heavy atom. The fraction of sp³-hybridized carbons (Fsp3) is 0.938. The van der Waals surface area contributed by atoms with Crippen LogP contribution >= 0.6 is 0 Å². The molecule has 2 aliphatic rings. The molecule has 0 aromatic heterocycles. The van der Waals surface area contributed by atoms with Gasteiger partial charge in [0.2, 0.25) is 5.91 Å². The number of piperazine rings is 1. The minimum atomic E-state index is -0.554. The lowest BCUT2D eigenvalue weighted by Crippen LogP contribution is -2.55. The molecule has 2 rings (SSSR count). The topological polar surface area (TPSA) is 61.6 Å². The summed E-state index contributed by atoms with van der Waals surface area (Å²) in [7, 11) is 0.